The average Bonchev–Trinajstić information content (AvgIpc) is 0.918. The molecule has 1 atom stereocenters. The van der Waals surface area contributed by atoms with Crippen LogP contribution in [0.2, 0.25) is 0 Å². The number of halogens is 2. The van der Waals surface area contributed by atoms with Gasteiger partial charge in [0.2, 0.25) is 0 Å². The molecule has 4 heteroatoms. The van der Waals surface area contributed by atoms with Crippen LogP contribution in [0.4, 0.5) is 0 Å². The zero-order chi connectivity index (χ0) is 2.71. The molecule has 0 fully saturated rings. The van der Waals surface area contributed by atoms with E-state index in [0.717, 1.165) is 0 Å². The van der Waals surface area contributed by atoms with Crippen molar-refractivity contribution < 1.29 is 0 Å². The Bertz CT molecular complexity index is 6.00. The Balaban J connectivity index is 0. The summed E-state index contributed by atoms with van der Waals surface area (Å²) in [5.74, 6) is 0. The number of rotatable bonds is 0. The molecular weight excluding hydrogens is 456 g/mol. The van der Waals surface area contributed by atoms with Crippen molar-refractivity contribution in [3.05, 3.63) is 0 Å². The molecule has 4 heavy (non-hydrogen) atoms. The van der Waals surface area contributed by atoms with Crippen molar-refractivity contribution in [3.63, 3.8) is 0 Å². The molecule has 0 aliphatic carbocycles. The molecule has 0 amide bonds. The van der Waals surface area contributed by atoms with Gasteiger partial charge in [-0.05, 0) is 0 Å². The van der Waals surface area contributed by atoms with Crippen molar-refractivity contribution >= 4 is 68.4 Å². The molecule has 0 spiro atoms. The first-order valence-corrected chi connectivity index (χ1v) is 13.9. The third-order valence-corrected chi connectivity index (χ3v) is 0. The van der Waals surface area contributed by atoms with Crippen molar-refractivity contribution in [2.75, 3.05) is 0 Å². The SMILES string of the molecule is I[Te]I.[AsH3]. The van der Waals surface area contributed by atoms with Crippen molar-refractivity contribution in [2.45, 2.75) is 0 Å². The molecule has 0 aromatic rings. The van der Waals surface area contributed by atoms with Gasteiger partial charge in [0.25, 0.3) is 0 Å². The molecule has 0 bridgehead atoms. The molecule has 0 radical (unpaired) electrons. The van der Waals surface area contributed by atoms with Gasteiger partial charge in [-0.25, -0.2) is 0 Å². The zero-order valence-electron chi connectivity index (χ0n) is 1.87. The van der Waals surface area contributed by atoms with E-state index in [1.807, 2.05) is 0 Å². The van der Waals surface area contributed by atoms with Crippen molar-refractivity contribution in [3.8, 4) is 0 Å². The molecule has 0 saturated heterocycles. The summed E-state index contributed by atoms with van der Waals surface area (Å²) in [6.07, 6.45) is 0. The molecule has 0 nitrogen and oxygen atoms in total. The van der Waals surface area contributed by atoms with Crippen LogP contribution in [0.25, 0.3) is 0 Å². The van der Waals surface area contributed by atoms with E-state index in [4.69, 9.17) is 0 Å². The fraction of sp³-hybridized carbons (Fsp3) is 0. The van der Waals surface area contributed by atoms with Gasteiger partial charge < -0.3 is 0 Å². The molecule has 0 aromatic heterocycles. The zero-order valence-corrected chi connectivity index (χ0v) is 11.5. The van der Waals surface area contributed by atoms with Crippen molar-refractivity contribution in [1.82, 2.24) is 0 Å². The van der Waals surface area contributed by atoms with Gasteiger partial charge in [0, 0.05) is 0 Å². The van der Waals surface area contributed by atoms with E-state index in [0.29, 0.717) is 13.0 Å². The predicted octanol–water partition coefficient (Wildman–Crippen LogP) is 0.207. The fourth-order valence-corrected chi connectivity index (χ4v) is 0. The summed E-state index contributed by atoms with van der Waals surface area (Å²) in [5, 5.41) is 0. The Labute approximate surface area is 66.7 Å². The summed E-state index contributed by atoms with van der Waals surface area (Å²) in [4.78, 5) is 0. The van der Waals surface area contributed by atoms with E-state index in [1.165, 1.54) is 0 Å². The van der Waals surface area contributed by atoms with Gasteiger partial charge in [0.1, 0.15) is 0 Å². The normalized spacial score (nSPS) is 4.50. The first-order chi connectivity index (χ1) is 1.41. The Morgan fingerprint density at radius 2 is 1.25 bits per heavy atom. The minimum absolute atomic E-state index is 0. The molecule has 1 unspecified atom stereocenters. The molecule has 0 aliphatic heterocycles. The van der Waals surface area contributed by atoms with E-state index in [-0.39, 0.29) is 18.0 Å². The van der Waals surface area contributed by atoms with Crippen LogP contribution in [0, 0.1) is 0 Å². The van der Waals surface area contributed by atoms with E-state index in [1.54, 1.807) is 0 Å². The maximum atomic E-state index is 2.41. The average molecular weight is 459 g/mol. The van der Waals surface area contributed by atoms with Crippen LogP contribution in [-0.4, -0.2) is 31.0 Å². The Morgan fingerprint density at radius 1 is 1.25 bits per heavy atom. The van der Waals surface area contributed by atoms with E-state index < -0.39 is 0 Å². The Hall–Kier alpha value is 2.81. The molecule has 0 aliphatic rings. The van der Waals surface area contributed by atoms with Crippen molar-refractivity contribution in [2.24, 2.45) is 0 Å². The van der Waals surface area contributed by atoms with Crippen LogP contribution in [0.3, 0.4) is 0 Å². The third kappa shape index (κ3) is 8.84. The quantitative estimate of drug-likeness (QED) is 0.359. The summed E-state index contributed by atoms with van der Waals surface area (Å²) in [7, 11) is 0. The third-order valence-electron chi connectivity index (χ3n) is 0. The Kier molecular flexibility index (Phi) is 23.0. The van der Waals surface area contributed by atoms with Gasteiger partial charge in [-0.3, -0.25) is 0 Å². The molecule has 0 rings (SSSR count). The summed E-state index contributed by atoms with van der Waals surface area (Å²) < 4.78 is 0. The van der Waals surface area contributed by atoms with Crippen LogP contribution >= 0.6 is 37.4 Å². The van der Waals surface area contributed by atoms with Gasteiger partial charge in [-0.15, -0.1) is 0 Å². The predicted molar refractivity (Wildman–Crippen MR) is 43.7 cm³/mol. The Morgan fingerprint density at radius 3 is 1.25 bits per heavy atom. The van der Waals surface area contributed by atoms with Crippen LogP contribution in [-0.2, 0) is 0 Å². The van der Waals surface area contributed by atoms with Crippen LogP contribution in [0.5, 0.6) is 0 Å². The minimum atomic E-state index is 0. The fourth-order valence-electron chi connectivity index (χ4n) is 0. The molecule has 0 aromatic carbocycles. The topological polar surface area (TPSA) is 0 Å². The van der Waals surface area contributed by atoms with Crippen LogP contribution in [0.1, 0.15) is 0 Å². The summed E-state index contributed by atoms with van der Waals surface area (Å²) in [6, 6.07) is 0. The van der Waals surface area contributed by atoms with E-state index in [2.05, 4.69) is 37.4 Å². The molecule has 0 heterocycles. The molecule has 0 N–H and O–H groups in total. The van der Waals surface area contributed by atoms with Crippen molar-refractivity contribution in [1.29, 1.82) is 0 Å². The first kappa shape index (κ1) is 9.93. The molecule has 28 valence electrons. The summed E-state index contributed by atoms with van der Waals surface area (Å²) >= 11 is 5.22. The first-order valence-electron chi connectivity index (χ1n) is 0.309. The van der Waals surface area contributed by atoms with Gasteiger partial charge >= 0.3 is 68.4 Å². The van der Waals surface area contributed by atoms with Gasteiger partial charge in [-0.2, -0.15) is 0 Å². The molecule has 0 saturated carbocycles. The maximum absolute atomic E-state index is 2.41. The molecular formula is H3AsI2Te. The monoisotopic (exact) mass is 462 g/mol. The second-order valence-electron chi connectivity index (χ2n) is 0.0583. The van der Waals surface area contributed by atoms with Crippen LogP contribution < -0.4 is 0 Å². The van der Waals surface area contributed by atoms with Crippen LogP contribution in [0.15, 0.2) is 0 Å². The number of hydrogen-bond donors (Lipinski definition) is 0. The standard InChI is InChI=1S/AsH3.I2Te/c;1-3-2/h1H3;. The number of hydrogen-bond acceptors (Lipinski definition) is 0. The second-order valence-corrected chi connectivity index (χ2v) is 17.6. The van der Waals surface area contributed by atoms with Gasteiger partial charge in [-0.1, -0.05) is 0 Å². The van der Waals surface area contributed by atoms with Gasteiger partial charge in [0.15, 0.2) is 0 Å². The summed E-state index contributed by atoms with van der Waals surface area (Å²) in [5.41, 5.74) is 0. The second kappa shape index (κ2) is 9.26. The van der Waals surface area contributed by atoms with E-state index in [9.17, 15) is 0 Å². The van der Waals surface area contributed by atoms with E-state index >= 15 is 0 Å². The summed E-state index contributed by atoms with van der Waals surface area (Å²) in [6.45, 7) is 0. The van der Waals surface area contributed by atoms with Gasteiger partial charge in [0.05, 0.1) is 0 Å².